The van der Waals surface area contributed by atoms with Crippen molar-refractivity contribution in [1.29, 1.82) is 0 Å². The summed E-state index contributed by atoms with van der Waals surface area (Å²) >= 11 is 0. The molecule has 1 saturated carbocycles. The first-order valence-corrected chi connectivity index (χ1v) is 5.19. The first-order chi connectivity index (χ1) is 6.20. The molecule has 1 N–H and O–H groups in total. The minimum absolute atomic E-state index is 0.321. The van der Waals surface area contributed by atoms with Crippen molar-refractivity contribution in [1.82, 2.24) is 0 Å². The number of aliphatic hydroxyl groups is 1. The molecule has 1 heterocycles. The Morgan fingerprint density at radius 2 is 2.00 bits per heavy atom. The third kappa shape index (κ3) is 1.38. The summed E-state index contributed by atoms with van der Waals surface area (Å²) in [5.41, 5.74) is 2.63. The van der Waals surface area contributed by atoms with Crippen LogP contribution in [-0.4, -0.2) is 29.0 Å². The summed E-state index contributed by atoms with van der Waals surface area (Å²) in [6, 6.07) is 0. The van der Waals surface area contributed by atoms with E-state index in [0.29, 0.717) is 11.7 Å². The van der Waals surface area contributed by atoms with Gasteiger partial charge in [-0.2, -0.15) is 0 Å². The van der Waals surface area contributed by atoms with Gasteiger partial charge in [-0.15, -0.1) is 0 Å². The van der Waals surface area contributed by atoms with E-state index >= 15 is 0 Å². The molecule has 0 aromatic carbocycles. The second kappa shape index (κ2) is 3.17. The van der Waals surface area contributed by atoms with Gasteiger partial charge in [-0.1, -0.05) is 0 Å². The van der Waals surface area contributed by atoms with Gasteiger partial charge in [0.15, 0.2) is 12.3 Å². The lowest BCUT2D eigenvalue weighted by Crippen LogP contribution is -2.33. The van der Waals surface area contributed by atoms with E-state index < -0.39 is 0 Å². The van der Waals surface area contributed by atoms with Gasteiger partial charge < -0.3 is 5.11 Å². The van der Waals surface area contributed by atoms with Crippen molar-refractivity contribution < 1.29 is 9.68 Å². The van der Waals surface area contributed by atoms with Crippen molar-refractivity contribution >= 4 is 5.71 Å². The molecule has 72 valence electrons. The van der Waals surface area contributed by atoms with Gasteiger partial charge in [-0.05, 0) is 26.2 Å². The first kappa shape index (κ1) is 8.79. The van der Waals surface area contributed by atoms with E-state index in [4.69, 9.17) is 0 Å². The molecule has 1 unspecified atom stereocenters. The average Bonchev–Trinajstić information content (AvgIpc) is 2.15. The number of rotatable bonds is 0. The first-order valence-electron chi connectivity index (χ1n) is 5.19. The zero-order chi connectivity index (χ0) is 9.42. The zero-order valence-corrected chi connectivity index (χ0v) is 8.51. The fraction of sp³-hybridized carbons (Fsp3) is 0.727. The van der Waals surface area contributed by atoms with Crippen molar-refractivity contribution in [3.8, 4) is 0 Å². The lowest BCUT2D eigenvalue weighted by molar-refractivity contribution is -0.506. The van der Waals surface area contributed by atoms with Crippen LogP contribution in [0, 0.1) is 5.92 Å². The van der Waals surface area contributed by atoms with Crippen LogP contribution in [0.15, 0.2) is 11.3 Å². The molecule has 0 spiro atoms. The van der Waals surface area contributed by atoms with Crippen molar-refractivity contribution in [2.45, 2.75) is 32.6 Å². The standard InChI is InChI=1S/C11H17NO/c1-8-7-12(2)10-6-4-3-5-9(10)11(8)13/h8H,3-7H2,1-2H3/p+1. The fourth-order valence-corrected chi connectivity index (χ4v) is 2.49. The van der Waals surface area contributed by atoms with Crippen molar-refractivity contribution in [3.63, 3.8) is 0 Å². The van der Waals surface area contributed by atoms with Crippen molar-refractivity contribution in [2.75, 3.05) is 13.6 Å². The van der Waals surface area contributed by atoms with Crippen LogP contribution >= 0.6 is 0 Å². The van der Waals surface area contributed by atoms with Gasteiger partial charge in [0.1, 0.15) is 12.8 Å². The average molecular weight is 180 g/mol. The highest BCUT2D eigenvalue weighted by Gasteiger charge is 2.32. The molecule has 2 nitrogen and oxygen atoms in total. The Balaban J connectivity index is 2.40. The molecule has 0 radical (unpaired) electrons. The van der Waals surface area contributed by atoms with E-state index in [-0.39, 0.29) is 0 Å². The van der Waals surface area contributed by atoms with Crippen LogP contribution in [0.1, 0.15) is 32.6 Å². The minimum atomic E-state index is 0.321. The van der Waals surface area contributed by atoms with Crippen LogP contribution < -0.4 is 0 Å². The van der Waals surface area contributed by atoms with Gasteiger partial charge in [-0.3, -0.25) is 0 Å². The number of hydrogen-bond donors (Lipinski definition) is 1. The Bertz CT molecular complexity index is 288. The predicted molar refractivity (Wildman–Crippen MR) is 53.3 cm³/mol. The van der Waals surface area contributed by atoms with Gasteiger partial charge in [0.05, 0.1) is 11.5 Å². The third-order valence-electron chi connectivity index (χ3n) is 3.22. The Morgan fingerprint density at radius 3 is 2.77 bits per heavy atom. The van der Waals surface area contributed by atoms with E-state index in [0.717, 1.165) is 19.4 Å². The summed E-state index contributed by atoms with van der Waals surface area (Å²) in [6.45, 7) is 3.08. The van der Waals surface area contributed by atoms with E-state index in [1.54, 1.807) is 0 Å². The highest BCUT2D eigenvalue weighted by atomic mass is 16.3. The highest BCUT2D eigenvalue weighted by molar-refractivity contribution is 5.97. The molecular weight excluding hydrogens is 162 g/mol. The summed E-state index contributed by atoms with van der Waals surface area (Å²) in [6.07, 6.45) is 4.76. The molecule has 2 rings (SSSR count). The monoisotopic (exact) mass is 180 g/mol. The second-order valence-electron chi connectivity index (χ2n) is 4.30. The van der Waals surface area contributed by atoms with E-state index in [9.17, 15) is 5.11 Å². The molecule has 0 saturated heterocycles. The molecular formula is C11H18NO+. The van der Waals surface area contributed by atoms with Crippen LogP contribution in [0.25, 0.3) is 0 Å². The molecule has 1 atom stereocenters. The van der Waals surface area contributed by atoms with Crippen LogP contribution in [0.4, 0.5) is 0 Å². The summed E-state index contributed by atoms with van der Waals surface area (Å²) in [7, 11) is 2.14. The van der Waals surface area contributed by atoms with Crippen molar-refractivity contribution in [3.05, 3.63) is 11.3 Å². The fourth-order valence-electron chi connectivity index (χ4n) is 2.49. The smallest absolute Gasteiger partial charge is 0.182 e. The zero-order valence-electron chi connectivity index (χ0n) is 8.51. The van der Waals surface area contributed by atoms with Crippen LogP contribution in [0.5, 0.6) is 0 Å². The number of allylic oxidation sites excluding steroid dienone is 1. The third-order valence-corrected chi connectivity index (χ3v) is 3.22. The number of fused-ring (bicyclic) bond motifs is 1. The molecule has 0 amide bonds. The van der Waals surface area contributed by atoms with Crippen LogP contribution in [-0.2, 0) is 0 Å². The molecule has 1 aliphatic heterocycles. The maximum atomic E-state index is 9.92. The van der Waals surface area contributed by atoms with Crippen molar-refractivity contribution in [2.24, 2.45) is 5.92 Å². The molecule has 1 aliphatic carbocycles. The topological polar surface area (TPSA) is 23.2 Å². The molecule has 0 aromatic rings. The lowest BCUT2D eigenvalue weighted by Gasteiger charge is -2.24. The SMILES string of the molecule is CC1C[N+](C)=C2CCCCC2=C1O. The van der Waals surface area contributed by atoms with E-state index in [2.05, 4.69) is 18.5 Å². The Hall–Kier alpha value is -0.790. The van der Waals surface area contributed by atoms with Crippen LogP contribution in [0.3, 0.4) is 0 Å². The number of hydrogen-bond acceptors (Lipinski definition) is 1. The minimum Gasteiger partial charge on any atom is -0.511 e. The van der Waals surface area contributed by atoms with Gasteiger partial charge in [-0.25, -0.2) is 4.58 Å². The Morgan fingerprint density at radius 1 is 1.31 bits per heavy atom. The summed E-state index contributed by atoms with van der Waals surface area (Å²) in [4.78, 5) is 0. The normalized spacial score (nSPS) is 29.2. The molecule has 1 fully saturated rings. The van der Waals surface area contributed by atoms with E-state index in [1.807, 2.05) is 0 Å². The van der Waals surface area contributed by atoms with Gasteiger partial charge >= 0.3 is 0 Å². The lowest BCUT2D eigenvalue weighted by atomic mass is 9.86. The Kier molecular flexibility index (Phi) is 2.14. The maximum absolute atomic E-state index is 9.92. The maximum Gasteiger partial charge on any atom is 0.182 e. The van der Waals surface area contributed by atoms with Crippen LogP contribution in [0.2, 0.25) is 0 Å². The predicted octanol–water partition coefficient (Wildman–Crippen LogP) is 2.11. The quantitative estimate of drug-likeness (QED) is 0.567. The number of nitrogens with zero attached hydrogens (tertiary/aromatic N) is 1. The number of aliphatic hydroxyl groups excluding tert-OH is 1. The summed E-state index contributed by atoms with van der Waals surface area (Å²) in [5, 5.41) is 9.92. The summed E-state index contributed by atoms with van der Waals surface area (Å²) < 4.78 is 2.32. The molecule has 13 heavy (non-hydrogen) atoms. The molecule has 2 heteroatoms. The second-order valence-corrected chi connectivity index (χ2v) is 4.30. The van der Waals surface area contributed by atoms with Gasteiger partial charge in [0.25, 0.3) is 0 Å². The van der Waals surface area contributed by atoms with Gasteiger partial charge in [0.2, 0.25) is 0 Å². The molecule has 2 aliphatic rings. The molecule has 0 aromatic heterocycles. The Labute approximate surface area is 79.6 Å². The molecule has 0 bridgehead atoms. The summed E-state index contributed by atoms with van der Waals surface area (Å²) in [5.74, 6) is 0.981. The van der Waals surface area contributed by atoms with E-state index in [1.165, 1.54) is 24.1 Å². The highest BCUT2D eigenvalue weighted by Crippen LogP contribution is 2.29. The van der Waals surface area contributed by atoms with Gasteiger partial charge in [0, 0.05) is 6.42 Å². The largest absolute Gasteiger partial charge is 0.511 e.